The van der Waals surface area contributed by atoms with Gasteiger partial charge in [0.2, 0.25) is 0 Å². The molecule has 10 saturated carbocycles. The molecule has 0 saturated heterocycles. The minimum absolute atomic E-state index is 0.482. The molecule has 564 valence electrons. The Labute approximate surface area is 622 Å². The van der Waals surface area contributed by atoms with E-state index in [1.165, 1.54) is 218 Å². The Morgan fingerprint density at radius 1 is 0.270 bits per heavy atom. The number of allylic oxidation sites excluding steroid dienone is 12. The second-order valence-electron chi connectivity index (χ2n) is 47.7. The molecule has 0 aromatic rings. The van der Waals surface area contributed by atoms with Gasteiger partial charge in [-0.25, -0.2) is 0 Å². The van der Waals surface area contributed by atoms with Crippen molar-refractivity contribution in [2.75, 3.05) is 0 Å². The first kappa shape index (κ1) is 76.6. The van der Waals surface area contributed by atoms with Crippen LogP contribution >= 0.6 is 0 Å². The second kappa shape index (κ2) is 27.2. The Morgan fingerprint density at radius 3 is 0.770 bits per heavy atom. The van der Waals surface area contributed by atoms with E-state index in [1.54, 1.807) is 11.1 Å². The zero-order chi connectivity index (χ0) is 72.1. The van der Waals surface area contributed by atoms with Gasteiger partial charge in [-0.2, -0.15) is 0 Å². The largest absolute Gasteiger partial charge is 0.0847 e. The molecule has 16 aliphatic carbocycles. The number of hydrogen-bond acceptors (Lipinski definition) is 0. The van der Waals surface area contributed by atoms with Gasteiger partial charge in [0.25, 0.3) is 0 Å². The number of fused-ring (bicyclic) bond motifs is 20. The highest BCUT2D eigenvalue weighted by atomic mass is 14.7. The Bertz CT molecular complexity index is 2790. The van der Waals surface area contributed by atoms with E-state index < -0.39 is 0 Å². The van der Waals surface area contributed by atoms with Gasteiger partial charge in [-0.3, -0.25) is 0 Å². The van der Waals surface area contributed by atoms with Gasteiger partial charge in [-0.05, 0) is 404 Å². The summed E-state index contributed by atoms with van der Waals surface area (Å²) in [5, 5.41) is 0. The van der Waals surface area contributed by atoms with E-state index in [4.69, 9.17) is 0 Å². The molecule has 100 heavy (non-hydrogen) atoms. The molecule has 0 bridgehead atoms. The monoisotopic (exact) mass is 1370 g/mol. The molecule has 16 rings (SSSR count). The maximum Gasteiger partial charge on any atom is -0.00850 e. The Balaban J connectivity index is 0.000000119. The molecule has 0 amide bonds. The summed E-state index contributed by atoms with van der Waals surface area (Å²) in [5.74, 6) is 17.3. The highest BCUT2D eigenvalue weighted by Gasteiger charge is 2.62. The number of rotatable bonds is 4. The predicted octanol–water partition coefficient (Wildman–Crippen LogP) is 30.4. The van der Waals surface area contributed by atoms with Crippen molar-refractivity contribution in [1.29, 1.82) is 0 Å². The summed E-state index contributed by atoms with van der Waals surface area (Å²) in [6.45, 7) is 60.1. The molecule has 0 spiro atoms. The SMILES string of the molecule is CC1=CCC2C3CC=C4C[C@@H](CC(C)(C)C)CCC4(C)C3CCC12C.CC1=CCC2C3CC=C4C[C@H](CC(C)(C)C)CCC4(C)C3CCC12C.CC1CCC2C3CC=C4C[C@@H](CC(C)(C)C)CCC4(C)C3CCC12C.CC1CCC2C3CC=C4C[C@H](CC(C)(C)C)CCC4(C)C3CCC12C. The molecule has 0 heterocycles. The van der Waals surface area contributed by atoms with E-state index in [-0.39, 0.29) is 0 Å². The van der Waals surface area contributed by atoms with Gasteiger partial charge in [0.1, 0.15) is 0 Å². The van der Waals surface area contributed by atoms with Crippen molar-refractivity contribution < 1.29 is 0 Å². The van der Waals surface area contributed by atoms with Crippen LogP contribution in [0.3, 0.4) is 0 Å². The molecule has 0 aromatic carbocycles. The van der Waals surface area contributed by atoms with E-state index in [1.807, 2.05) is 22.3 Å². The molecule has 10 fully saturated rings. The quantitative estimate of drug-likeness (QED) is 0.246. The maximum atomic E-state index is 2.75. The van der Waals surface area contributed by atoms with Crippen LogP contribution in [0.25, 0.3) is 0 Å². The van der Waals surface area contributed by atoms with Crippen molar-refractivity contribution in [1.82, 2.24) is 0 Å². The van der Waals surface area contributed by atoms with Crippen molar-refractivity contribution in [3.05, 3.63) is 69.9 Å². The van der Waals surface area contributed by atoms with Crippen LogP contribution in [0.4, 0.5) is 0 Å². The lowest BCUT2D eigenvalue weighted by Gasteiger charge is -2.58. The van der Waals surface area contributed by atoms with Crippen LogP contribution < -0.4 is 0 Å². The molecule has 0 radical (unpaired) electrons. The predicted molar refractivity (Wildman–Crippen MR) is 434 cm³/mol. The number of hydrogen-bond donors (Lipinski definition) is 0. The van der Waals surface area contributed by atoms with E-state index in [0.29, 0.717) is 65.0 Å². The fraction of sp³-hybridized carbons (Fsp3) is 0.880. The van der Waals surface area contributed by atoms with Crippen molar-refractivity contribution in [2.45, 2.75) is 384 Å². The summed E-state index contributed by atoms with van der Waals surface area (Å²) in [6, 6.07) is 0. The molecule has 0 nitrogen and oxygen atoms in total. The first-order valence-corrected chi connectivity index (χ1v) is 44.7. The smallest absolute Gasteiger partial charge is 0.00850 e. The Hall–Kier alpha value is -1.56. The Kier molecular flexibility index (Phi) is 20.9. The van der Waals surface area contributed by atoms with Gasteiger partial charge in [-0.15, -0.1) is 0 Å². The maximum absolute atomic E-state index is 2.75. The van der Waals surface area contributed by atoms with Crippen molar-refractivity contribution >= 4 is 0 Å². The summed E-state index contributed by atoms with van der Waals surface area (Å²) in [7, 11) is 0. The first-order valence-electron chi connectivity index (χ1n) is 44.7. The van der Waals surface area contributed by atoms with Crippen LogP contribution in [0.15, 0.2) is 69.9 Å². The van der Waals surface area contributed by atoms with Gasteiger partial charge >= 0.3 is 0 Å². The molecule has 0 aromatic heterocycles. The average Bonchev–Trinajstić information content (AvgIpc) is 1.40. The third-order valence-corrected chi connectivity index (χ3v) is 37.3. The molecule has 0 N–H and O–H groups in total. The van der Waals surface area contributed by atoms with E-state index in [0.717, 1.165) is 107 Å². The van der Waals surface area contributed by atoms with E-state index in [9.17, 15) is 0 Å². The first-order chi connectivity index (χ1) is 46.5. The lowest BCUT2D eigenvalue weighted by molar-refractivity contribution is -0.0428. The van der Waals surface area contributed by atoms with E-state index in [2.05, 4.69) is 203 Å². The van der Waals surface area contributed by atoms with Crippen LogP contribution in [0.2, 0.25) is 0 Å². The fourth-order valence-corrected chi connectivity index (χ4v) is 31.2. The summed E-state index contributed by atoms with van der Waals surface area (Å²) >= 11 is 0. The standard InChI is InChI=1S/2C25H42.2C25H40/c4*1-17-7-10-21-20-9-8-19-15-18(16-23(2,3)4)11-13-25(19,6)22(20)12-14-24(17,21)5/h2*8,17-18,20-22H,7,9-16H2,1-6H3;2*7-8,18,20-22H,9-16H2,1-6H3/t2*17?,18-,20?,21?,22?,24?,25?;2*18-,20?,21?,22?,24?,25?/m1010/s1. The highest BCUT2D eigenvalue weighted by molar-refractivity contribution is 5.33. The third kappa shape index (κ3) is 14.0. The zero-order valence-electron chi connectivity index (χ0n) is 70.9. The molecule has 26 atom stereocenters. The lowest BCUT2D eigenvalue weighted by Crippen LogP contribution is -2.49. The topological polar surface area (TPSA) is 0 Å². The Morgan fingerprint density at radius 2 is 0.510 bits per heavy atom. The van der Waals surface area contributed by atoms with Crippen LogP contribution in [-0.2, 0) is 0 Å². The third-order valence-electron chi connectivity index (χ3n) is 37.3. The normalized spacial score (nSPS) is 48.2. The van der Waals surface area contributed by atoms with Gasteiger partial charge in [0.05, 0.1) is 0 Å². The summed E-state index contributed by atoms with van der Waals surface area (Å²) in [6.07, 6.45) is 65.3. The summed E-state index contributed by atoms with van der Waals surface area (Å²) < 4.78 is 0. The van der Waals surface area contributed by atoms with Crippen molar-refractivity contribution in [3.63, 3.8) is 0 Å². The summed E-state index contributed by atoms with van der Waals surface area (Å²) in [5.41, 5.74) is 17.3. The summed E-state index contributed by atoms with van der Waals surface area (Å²) in [4.78, 5) is 0. The zero-order valence-corrected chi connectivity index (χ0v) is 70.9. The molecule has 22 unspecified atom stereocenters. The van der Waals surface area contributed by atoms with Crippen molar-refractivity contribution in [2.24, 2.45) is 172 Å². The lowest BCUT2D eigenvalue weighted by atomic mass is 9.47. The van der Waals surface area contributed by atoms with Gasteiger partial charge in [0, 0.05) is 0 Å². The molecular weight excluding hydrogens is 1200 g/mol. The van der Waals surface area contributed by atoms with Crippen molar-refractivity contribution in [3.8, 4) is 0 Å². The molecular formula is C100H164. The molecule has 16 aliphatic rings. The highest BCUT2D eigenvalue weighted by Crippen LogP contribution is 2.72. The minimum Gasteiger partial charge on any atom is -0.0847 e. The second-order valence-corrected chi connectivity index (χ2v) is 47.7. The fourth-order valence-electron chi connectivity index (χ4n) is 31.2. The van der Waals surface area contributed by atoms with Gasteiger partial charge < -0.3 is 0 Å². The van der Waals surface area contributed by atoms with Crippen LogP contribution in [0.5, 0.6) is 0 Å². The average molecular weight is 1370 g/mol. The van der Waals surface area contributed by atoms with Gasteiger partial charge in [-0.1, -0.05) is 222 Å². The van der Waals surface area contributed by atoms with Crippen LogP contribution in [-0.4, -0.2) is 0 Å². The minimum atomic E-state index is 0.482. The van der Waals surface area contributed by atoms with E-state index >= 15 is 0 Å². The van der Waals surface area contributed by atoms with Gasteiger partial charge in [0.15, 0.2) is 0 Å². The van der Waals surface area contributed by atoms with Crippen LogP contribution in [0, 0.1) is 172 Å². The van der Waals surface area contributed by atoms with Crippen LogP contribution in [0.1, 0.15) is 384 Å². The molecule has 0 heteroatoms. The molecule has 0 aliphatic heterocycles.